The Morgan fingerprint density at radius 1 is 0.290 bits per heavy atom. The number of carbonyl (C=O) groups excluding carboxylic acids is 2. The standard InChI is InChI=1S/C87H171NO5/c1-3-5-7-9-11-13-15-17-19-21-23-24-40-44-47-51-55-59-63-67-71-75-79-85(90)84(83-89)88-86(91)80-76-72-68-64-60-56-52-48-45-41-38-36-34-32-30-28-26-25-27-29-31-33-35-37-39-42-46-50-54-58-62-66-70-74-78-82-93-87(92)81-77-73-69-65-61-57-53-49-43-22-20-18-16-14-12-10-8-6-4-2/h75,79,84-85,89-90H,3-74,76-78,80-83H2,1-2H3,(H,88,91)/b79-75+. The summed E-state index contributed by atoms with van der Waals surface area (Å²) in [6.07, 6.45) is 107. The molecule has 2 atom stereocenters. The van der Waals surface area contributed by atoms with Gasteiger partial charge in [-0.3, -0.25) is 9.59 Å². The van der Waals surface area contributed by atoms with Gasteiger partial charge in [-0.1, -0.05) is 475 Å². The summed E-state index contributed by atoms with van der Waals surface area (Å²) in [5.74, 6) is -0.0281. The van der Waals surface area contributed by atoms with Gasteiger partial charge in [0.25, 0.3) is 0 Å². The summed E-state index contributed by atoms with van der Waals surface area (Å²) in [5.41, 5.74) is 0. The number of allylic oxidation sites excluding steroid dienone is 1. The number of esters is 1. The fourth-order valence-corrected chi connectivity index (χ4v) is 14.2. The average molecular weight is 1310 g/mol. The van der Waals surface area contributed by atoms with Gasteiger partial charge < -0.3 is 20.3 Å². The first kappa shape index (κ1) is 91.6. The third-order valence-electron chi connectivity index (χ3n) is 20.8. The van der Waals surface area contributed by atoms with Crippen molar-refractivity contribution >= 4 is 11.9 Å². The summed E-state index contributed by atoms with van der Waals surface area (Å²) in [4.78, 5) is 24.7. The van der Waals surface area contributed by atoms with Crippen molar-refractivity contribution in [3.63, 3.8) is 0 Å². The fraction of sp³-hybridized carbons (Fsp3) is 0.954. The van der Waals surface area contributed by atoms with E-state index in [2.05, 4.69) is 19.2 Å². The summed E-state index contributed by atoms with van der Waals surface area (Å²) in [7, 11) is 0. The lowest BCUT2D eigenvalue weighted by molar-refractivity contribution is -0.143. The monoisotopic (exact) mass is 1310 g/mol. The molecule has 0 saturated heterocycles. The number of aliphatic hydroxyl groups is 2. The van der Waals surface area contributed by atoms with E-state index in [0.29, 0.717) is 19.4 Å². The van der Waals surface area contributed by atoms with E-state index in [4.69, 9.17) is 4.74 Å². The molecule has 0 aromatic carbocycles. The second-order valence-electron chi connectivity index (χ2n) is 30.2. The Labute approximate surface area is 584 Å². The molecule has 0 bridgehead atoms. The minimum atomic E-state index is -0.842. The molecule has 0 fully saturated rings. The molecule has 0 aliphatic carbocycles. The number of amides is 1. The van der Waals surface area contributed by atoms with Gasteiger partial charge in [-0.2, -0.15) is 0 Å². The maximum atomic E-state index is 12.6. The molecular formula is C87H171NO5. The van der Waals surface area contributed by atoms with Crippen molar-refractivity contribution in [2.24, 2.45) is 0 Å². The normalized spacial score (nSPS) is 12.4. The highest BCUT2D eigenvalue weighted by Gasteiger charge is 2.18. The fourth-order valence-electron chi connectivity index (χ4n) is 14.2. The van der Waals surface area contributed by atoms with E-state index >= 15 is 0 Å². The molecule has 2 unspecified atom stereocenters. The van der Waals surface area contributed by atoms with Crippen molar-refractivity contribution in [3.05, 3.63) is 12.2 Å². The number of rotatable bonds is 83. The Morgan fingerprint density at radius 2 is 0.495 bits per heavy atom. The molecule has 0 saturated carbocycles. The number of nitrogens with one attached hydrogen (secondary N) is 1. The lowest BCUT2D eigenvalue weighted by Crippen LogP contribution is -2.45. The van der Waals surface area contributed by atoms with E-state index in [1.807, 2.05) is 6.08 Å². The zero-order chi connectivity index (χ0) is 67.0. The highest BCUT2D eigenvalue weighted by molar-refractivity contribution is 5.76. The van der Waals surface area contributed by atoms with Gasteiger partial charge in [-0.25, -0.2) is 0 Å². The first-order valence-electron chi connectivity index (χ1n) is 43.5. The Morgan fingerprint density at radius 3 is 0.731 bits per heavy atom. The molecule has 0 aliphatic heterocycles. The van der Waals surface area contributed by atoms with Crippen molar-refractivity contribution in [1.29, 1.82) is 0 Å². The minimum Gasteiger partial charge on any atom is -0.466 e. The van der Waals surface area contributed by atoms with E-state index in [0.717, 1.165) is 38.5 Å². The molecule has 0 rings (SSSR count). The van der Waals surface area contributed by atoms with E-state index in [-0.39, 0.29) is 18.5 Å². The highest BCUT2D eigenvalue weighted by atomic mass is 16.5. The maximum Gasteiger partial charge on any atom is 0.305 e. The number of carbonyl (C=O) groups is 2. The molecule has 3 N–H and O–H groups in total. The lowest BCUT2D eigenvalue weighted by atomic mass is 10.0. The topological polar surface area (TPSA) is 95.9 Å². The molecule has 6 heteroatoms. The van der Waals surface area contributed by atoms with Crippen LogP contribution in [0.1, 0.15) is 508 Å². The lowest BCUT2D eigenvalue weighted by Gasteiger charge is -2.20. The highest BCUT2D eigenvalue weighted by Crippen LogP contribution is 2.21. The van der Waals surface area contributed by atoms with Gasteiger partial charge in [0, 0.05) is 12.8 Å². The first-order chi connectivity index (χ1) is 46.0. The number of hydrogen-bond donors (Lipinski definition) is 3. The number of ether oxygens (including phenoxy) is 1. The van der Waals surface area contributed by atoms with Crippen LogP contribution in [0, 0.1) is 0 Å². The second-order valence-corrected chi connectivity index (χ2v) is 30.2. The predicted octanol–water partition coefficient (Wildman–Crippen LogP) is 29.0. The predicted molar refractivity (Wildman–Crippen MR) is 412 cm³/mol. The van der Waals surface area contributed by atoms with Crippen molar-refractivity contribution in [1.82, 2.24) is 5.32 Å². The van der Waals surface area contributed by atoms with Crippen LogP contribution in [0.3, 0.4) is 0 Å². The summed E-state index contributed by atoms with van der Waals surface area (Å²) < 4.78 is 5.53. The molecule has 0 heterocycles. The Hall–Kier alpha value is -1.40. The van der Waals surface area contributed by atoms with Gasteiger partial charge in [0.15, 0.2) is 0 Å². The van der Waals surface area contributed by atoms with Crippen LogP contribution in [0.2, 0.25) is 0 Å². The largest absolute Gasteiger partial charge is 0.466 e. The van der Waals surface area contributed by atoms with Crippen LogP contribution < -0.4 is 5.32 Å². The zero-order valence-corrected chi connectivity index (χ0v) is 63.8. The molecule has 93 heavy (non-hydrogen) atoms. The Kier molecular flexibility index (Phi) is 81.8. The number of unbranched alkanes of at least 4 members (excludes halogenated alkanes) is 72. The maximum absolute atomic E-state index is 12.6. The van der Waals surface area contributed by atoms with Crippen LogP contribution >= 0.6 is 0 Å². The molecule has 0 aliphatic rings. The van der Waals surface area contributed by atoms with Gasteiger partial charge in [0.05, 0.1) is 25.4 Å². The molecule has 0 spiro atoms. The van der Waals surface area contributed by atoms with E-state index in [9.17, 15) is 19.8 Å². The SMILES string of the molecule is CCCCCCCCCCCCCCCCCCCCCC/C=C/C(O)C(CO)NC(=O)CCCCCCCCCCCCCCCCCCCCCCCCCCCCCCCCCCCCCOC(=O)CCCCCCCCCCCCCCCCCCCCC. The molecule has 1 amide bonds. The summed E-state index contributed by atoms with van der Waals surface area (Å²) in [6, 6.07) is -0.624. The van der Waals surface area contributed by atoms with Crippen LogP contribution in [0.5, 0.6) is 0 Å². The third-order valence-corrected chi connectivity index (χ3v) is 20.8. The van der Waals surface area contributed by atoms with Gasteiger partial charge >= 0.3 is 5.97 Å². The van der Waals surface area contributed by atoms with E-state index in [1.54, 1.807) is 6.08 Å². The van der Waals surface area contributed by atoms with Gasteiger partial charge in [-0.15, -0.1) is 0 Å². The molecular weight excluding hydrogens is 1140 g/mol. The Balaban J connectivity index is 3.31. The van der Waals surface area contributed by atoms with E-state index < -0.39 is 12.1 Å². The van der Waals surface area contributed by atoms with Crippen LogP contribution in [0.4, 0.5) is 0 Å². The quantitative estimate of drug-likeness (QED) is 0.0320. The van der Waals surface area contributed by atoms with Crippen molar-refractivity contribution in [2.45, 2.75) is 520 Å². The molecule has 554 valence electrons. The second kappa shape index (κ2) is 83.0. The zero-order valence-electron chi connectivity index (χ0n) is 63.8. The van der Waals surface area contributed by atoms with Gasteiger partial charge in [-0.05, 0) is 32.1 Å². The molecule has 0 aromatic rings. The van der Waals surface area contributed by atoms with Crippen LogP contribution in [0.25, 0.3) is 0 Å². The molecule has 6 nitrogen and oxygen atoms in total. The van der Waals surface area contributed by atoms with E-state index in [1.165, 1.54) is 443 Å². The Bertz CT molecular complexity index is 1420. The summed E-state index contributed by atoms with van der Waals surface area (Å²) in [6.45, 7) is 4.98. The molecule has 0 radical (unpaired) electrons. The third kappa shape index (κ3) is 79.5. The first-order valence-corrected chi connectivity index (χ1v) is 43.5. The van der Waals surface area contributed by atoms with Crippen LogP contribution in [-0.4, -0.2) is 47.4 Å². The van der Waals surface area contributed by atoms with Crippen LogP contribution in [-0.2, 0) is 14.3 Å². The minimum absolute atomic E-state index is 0.0287. The van der Waals surface area contributed by atoms with Crippen molar-refractivity contribution in [3.8, 4) is 0 Å². The number of aliphatic hydroxyl groups excluding tert-OH is 2. The average Bonchev–Trinajstić information content (AvgIpc) is 3.78. The number of hydrogen-bond acceptors (Lipinski definition) is 5. The summed E-state index contributed by atoms with van der Waals surface area (Å²) in [5, 5.41) is 23.3. The van der Waals surface area contributed by atoms with Crippen LogP contribution in [0.15, 0.2) is 12.2 Å². The van der Waals surface area contributed by atoms with Gasteiger partial charge in [0.2, 0.25) is 5.91 Å². The molecule has 0 aromatic heterocycles. The summed E-state index contributed by atoms with van der Waals surface area (Å²) >= 11 is 0. The van der Waals surface area contributed by atoms with Crippen molar-refractivity contribution < 1.29 is 24.5 Å². The van der Waals surface area contributed by atoms with Crippen molar-refractivity contribution in [2.75, 3.05) is 13.2 Å². The smallest absolute Gasteiger partial charge is 0.305 e. The van der Waals surface area contributed by atoms with Gasteiger partial charge in [0.1, 0.15) is 0 Å².